The Morgan fingerprint density at radius 2 is 1.75 bits per heavy atom. The second-order valence-electron chi connectivity index (χ2n) is 5.02. The predicted octanol–water partition coefficient (Wildman–Crippen LogP) is 5.55. The molecule has 0 spiro atoms. The molecule has 1 aromatic rings. The summed E-state index contributed by atoms with van der Waals surface area (Å²) in [6, 6.07) is 8.15. The molecule has 0 bridgehead atoms. The van der Waals surface area contributed by atoms with Crippen molar-refractivity contribution in [1.82, 2.24) is 0 Å². The molecule has 1 rings (SSSR count). The minimum absolute atomic E-state index is 0.141. The van der Waals surface area contributed by atoms with Crippen LogP contribution in [0.1, 0.15) is 57.1 Å². The van der Waals surface area contributed by atoms with E-state index in [0.29, 0.717) is 0 Å². The first-order valence-corrected chi connectivity index (χ1v) is 9.16. The number of hydrogen-bond acceptors (Lipinski definition) is 2. The lowest BCUT2D eigenvalue weighted by Gasteiger charge is -2.18. The maximum atomic E-state index is 6.04. The molecule has 114 valence electrons. The summed E-state index contributed by atoms with van der Waals surface area (Å²) in [6.45, 7) is 3.10. The Balaban J connectivity index is 2.32. The lowest BCUT2D eigenvalue weighted by molar-refractivity contribution is 0.0662. The fourth-order valence-corrected chi connectivity index (χ4v) is 2.99. The smallest absolute Gasteiger partial charge is 0.124 e. The predicted molar refractivity (Wildman–Crippen MR) is 94.0 cm³/mol. The average Bonchev–Trinajstić information content (AvgIpc) is 2.50. The standard InChI is InChI=1S/C17H27IO2/c1-3-4-5-6-7-10-13-20-17(14-18)15-11-8-9-12-16(15)19-2/h8-9,11-12,17H,3-7,10,13-14H2,1-2H3. The first-order valence-electron chi connectivity index (χ1n) is 7.64. The Morgan fingerprint density at radius 1 is 1.05 bits per heavy atom. The summed E-state index contributed by atoms with van der Waals surface area (Å²) in [5.74, 6) is 0.928. The van der Waals surface area contributed by atoms with Crippen LogP contribution in [0.3, 0.4) is 0 Å². The van der Waals surface area contributed by atoms with Gasteiger partial charge in [-0.15, -0.1) is 0 Å². The van der Waals surface area contributed by atoms with Crippen molar-refractivity contribution in [2.24, 2.45) is 0 Å². The molecule has 1 unspecified atom stereocenters. The zero-order valence-electron chi connectivity index (χ0n) is 12.7. The van der Waals surface area contributed by atoms with Gasteiger partial charge in [0.2, 0.25) is 0 Å². The van der Waals surface area contributed by atoms with Gasteiger partial charge < -0.3 is 9.47 Å². The van der Waals surface area contributed by atoms with Crippen LogP contribution in [0.4, 0.5) is 0 Å². The van der Waals surface area contributed by atoms with E-state index in [0.717, 1.165) is 28.8 Å². The zero-order chi connectivity index (χ0) is 14.6. The van der Waals surface area contributed by atoms with E-state index in [1.54, 1.807) is 7.11 Å². The van der Waals surface area contributed by atoms with Gasteiger partial charge in [0.25, 0.3) is 0 Å². The first-order chi connectivity index (χ1) is 9.83. The van der Waals surface area contributed by atoms with E-state index in [-0.39, 0.29) is 6.10 Å². The van der Waals surface area contributed by atoms with Gasteiger partial charge in [-0.3, -0.25) is 0 Å². The van der Waals surface area contributed by atoms with Crippen LogP contribution in [0, 0.1) is 0 Å². The van der Waals surface area contributed by atoms with Gasteiger partial charge in [-0.1, -0.05) is 79.8 Å². The van der Waals surface area contributed by atoms with Crippen molar-refractivity contribution in [1.29, 1.82) is 0 Å². The molecule has 0 saturated carbocycles. The van der Waals surface area contributed by atoms with E-state index in [9.17, 15) is 0 Å². The highest BCUT2D eigenvalue weighted by atomic mass is 127. The normalized spacial score (nSPS) is 12.3. The molecule has 0 aliphatic heterocycles. The van der Waals surface area contributed by atoms with Gasteiger partial charge in [0.15, 0.2) is 0 Å². The molecule has 0 amide bonds. The molecule has 3 heteroatoms. The maximum Gasteiger partial charge on any atom is 0.124 e. The topological polar surface area (TPSA) is 18.5 Å². The van der Waals surface area contributed by atoms with E-state index in [2.05, 4.69) is 35.6 Å². The molecule has 1 aromatic carbocycles. The monoisotopic (exact) mass is 390 g/mol. The molecular weight excluding hydrogens is 363 g/mol. The van der Waals surface area contributed by atoms with E-state index in [1.807, 2.05) is 18.2 Å². The van der Waals surface area contributed by atoms with Crippen LogP contribution in [0.5, 0.6) is 5.75 Å². The van der Waals surface area contributed by atoms with E-state index in [4.69, 9.17) is 9.47 Å². The Kier molecular flexibility index (Phi) is 10.1. The van der Waals surface area contributed by atoms with Gasteiger partial charge in [0.05, 0.1) is 13.2 Å². The van der Waals surface area contributed by atoms with Gasteiger partial charge >= 0.3 is 0 Å². The number of ether oxygens (including phenoxy) is 2. The summed E-state index contributed by atoms with van der Waals surface area (Å²) in [5, 5.41) is 0. The molecule has 0 N–H and O–H groups in total. The van der Waals surface area contributed by atoms with Crippen LogP contribution in [0.15, 0.2) is 24.3 Å². The number of alkyl halides is 1. The number of methoxy groups -OCH3 is 1. The van der Waals surface area contributed by atoms with Crippen LogP contribution >= 0.6 is 22.6 Å². The van der Waals surface area contributed by atoms with E-state index >= 15 is 0 Å². The first kappa shape index (κ1) is 17.8. The highest BCUT2D eigenvalue weighted by Crippen LogP contribution is 2.29. The number of halogens is 1. The fraction of sp³-hybridized carbons (Fsp3) is 0.647. The van der Waals surface area contributed by atoms with Crippen LogP contribution in [0.25, 0.3) is 0 Å². The lowest BCUT2D eigenvalue weighted by atomic mass is 10.1. The molecule has 20 heavy (non-hydrogen) atoms. The number of hydrogen-bond donors (Lipinski definition) is 0. The largest absolute Gasteiger partial charge is 0.496 e. The molecule has 2 nitrogen and oxygen atoms in total. The Hall–Kier alpha value is -0.290. The number of para-hydroxylation sites is 1. The lowest BCUT2D eigenvalue weighted by Crippen LogP contribution is -2.08. The van der Waals surface area contributed by atoms with Gasteiger partial charge in [-0.2, -0.15) is 0 Å². The second-order valence-corrected chi connectivity index (χ2v) is 5.90. The van der Waals surface area contributed by atoms with Crippen molar-refractivity contribution in [2.75, 3.05) is 18.1 Å². The van der Waals surface area contributed by atoms with Crippen molar-refractivity contribution in [3.8, 4) is 5.75 Å². The van der Waals surface area contributed by atoms with Crippen LogP contribution in [-0.2, 0) is 4.74 Å². The molecule has 0 aliphatic rings. The molecular formula is C17H27IO2. The van der Waals surface area contributed by atoms with Crippen molar-refractivity contribution >= 4 is 22.6 Å². The summed E-state index contributed by atoms with van der Waals surface area (Å²) >= 11 is 2.38. The minimum Gasteiger partial charge on any atom is -0.496 e. The third-order valence-corrected chi connectivity index (χ3v) is 4.24. The van der Waals surface area contributed by atoms with E-state index < -0.39 is 0 Å². The van der Waals surface area contributed by atoms with E-state index in [1.165, 1.54) is 32.1 Å². The molecule has 0 saturated heterocycles. The minimum atomic E-state index is 0.141. The van der Waals surface area contributed by atoms with Gasteiger partial charge in [-0.25, -0.2) is 0 Å². The molecule has 0 heterocycles. The number of rotatable bonds is 11. The Morgan fingerprint density at radius 3 is 2.45 bits per heavy atom. The number of benzene rings is 1. The van der Waals surface area contributed by atoms with Gasteiger partial charge in [0, 0.05) is 16.6 Å². The molecule has 0 fully saturated rings. The van der Waals surface area contributed by atoms with Gasteiger partial charge in [0.1, 0.15) is 5.75 Å². The maximum absolute atomic E-state index is 6.04. The number of unbranched alkanes of at least 4 members (excludes halogenated alkanes) is 5. The van der Waals surface area contributed by atoms with Crippen molar-refractivity contribution in [2.45, 2.75) is 51.6 Å². The third-order valence-electron chi connectivity index (χ3n) is 3.44. The van der Waals surface area contributed by atoms with Crippen LogP contribution < -0.4 is 4.74 Å². The molecule has 0 aromatic heterocycles. The van der Waals surface area contributed by atoms with Crippen LogP contribution in [0.2, 0.25) is 0 Å². The quantitative estimate of drug-likeness (QED) is 0.280. The Labute approximate surface area is 137 Å². The average molecular weight is 390 g/mol. The SMILES string of the molecule is CCCCCCCCOC(CI)c1ccccc1OC. The van der Waals surface area contributed by atoms with Crippen LogP contribution in [-0.4, -0.2) is 18.1 Å². The summed E-state index contributed by atoms with van der Waals surface area (Å²) in [4.78, 5) is 0. The highest BCUT2D eigenvalue weighted by molar-refractivity contribution is 14.1. The summed E-state index contributed by atoms with van der Waals surface area (Å²) in [6.07, 6.45) is 7.94. The summed E-state index contributed by atoms with van der Waals surface area (Å²) in [7, 11) is 1.72. The summed E-state index contributed by atoms with van der Waals surface area (Å²) in [5.41, 5.74) is 1.16. The Bertz CT molecular complexity index is 355. The van der Waals surface area contributed by atoms with Gasteiger partial charge in [-0.05, 0) is 12.5 Å². The zero-order valence-corrected chi connectivity index (χ0v) is 14.9. The molecule has 1 atom stereocenters. The highest BCUT2D eigenvalue weighted by Gasteiger charge is 2.14. The third kappa shape index (κ3) is 6.44. The molecule has 0 aliphatic carbocycles. The van der Waals surface area contributed by atoms with Crippen molar-refractivity contribution in [3.63, 3.8) is 0 Å². The summed E-state index contributed by atoms with van der Waals surface area (Å²) < 4.78 is 12.4. The van der Waals surface area contributed by atoms with Crippen molar-refractivity contribution in [3.05, 3.63) is 29.8 Å². The molecule has 0 radical (unpaired) electrons. The van der Waals surface area contributed by atoms with Crippen molar-refractivity contribution < 1.29 is 9.47 Å². The second kappa shape index (κ2) is 11.4. The fourth-order valence-electron chi connectivity index (χ4n) is 2.26.